The normalized spacial score (nSPS) is 13.5. The summed E-state index contributed by atoms with van der Waals surface area (Å²) in [5.41, 5.74) is 1.51. The van der Waals surface area contributed by atoms with Gasteiger partial charge >= 0.3 is 0 Å². The van der Waals surface area contributed by atoms with Crippen LogP contribution in [0.5, 0.6) is 5.75 Å². The highest BCUT2D eigenvalue weighted by Crippen LogP contribution is 2.19. The molecule has 6 nitrogen and oxygen atoms in total. The van der Waals surface area contributed by atoms with Crippen LogP contribution in [0.15, 0.2) is 30.3 Å². The van der Waals surface area contributed by atoms with Crippen molar-refractivity contribution in [1.82, 2.24) is 15.3 Å². The van der Waals surface area contributed by atoms with Crippen LogP contribution in [-0.2, 0) is 6.54 Å². The van der Waals surface area contributed by atoms with Crippen molar-refractivity contribution in [2.24, 2.45) is 0 Å². The Balaban J connectivity index is 1.66. The first-order chi connectivity index (χ1) is 11.1. The number of aryl methyl sites for hydroxylation is 1. The SMILES string of the molecule is COc1ccc(CNc2cc(C(=O)NC3CC3)nc(C)n2)cc1. The Bertz CT molecular complexity index is 696. The lowest BCUT2D eigenvalue weighted by atomic mass is 10.2. The van der Waals surface area contributed by atoms with Gasteiger partial charge in [-0.1, -0.05) is 12.1 Å². The monoisotopic (exact) mass is 312 g/mol. The maximum absolute atomic E-state index is 12.1. The van der Waals surface area contributed by atoms with E-state index < -0.39 is 0 Å². The van der Waals surface area contributed by atoms with Crippen LogP contribution in [0.1, 0.15) is 34.7 Å². The molecule has 0 saturated heterocycles. The summed E-state index contributed by atoms with van der Waals surface area (Å²) in [6.45, 7) is 2.40. The molecule has 1 aromatic heterocycles. The third kappa shape index (κ3) is 4.18. The molecule has 2 N–H and O–H groups in total. The number of nitrogens with one attached hydrogen (secondary N) is 2. The first-order valence-corrected chi connectivity index (χ1v) is 7.67. The van der Waals surface area contributed by atoms with E-state index in [9.17, 15) is 4.79 Å². The lowest BCUT2D eigenvalue weighted by Gasteiger charge is -2.09. The molecule has 2 aromatic rings. The third-order valence-corrected chi connectivity index (χ3v) is 3.62. The molecule has 1 aromatic carbocycles. The number of nitrogens with zero attached hydrogens (tertiary/aromatic N) is 2. The molecule has 6 heteroatoms. The molecule has 1 fully saturated rings. The fraction of sp³-hybridized carbons (Fsp3) is 0.353. The highest BCUT2D eigenvalue weighted by atomic mass is 16.5. The number of hydrogen-bond donors (Lipinski definition) is 2. The van der Waals surface area contributed by atoms with Crippen LogP contribution in [0.2, 0.25) is 0 Å². The number of benzene rings is 1. The Kier molecular flexibility index (Phi) is 4.41. The van der Waals surface area contributed by atoms with E-state index >= 15 is 0 Å². The van der Waals surface area contributed by atoms with Gasteiger partial charge < -0.3 is 15.4 Å². The Morgan fingerprint density at radius 1 is 1.26 bits per heavy atom. The second-order valence-corrected chi connectivity index (χ2v) is 5.64. The van der Waals surface area contributed by atoms with Gasteiger partial charge in [-0.05, 0) is 37.5 Å². The maximum Gasteiger partial charge on any atom is 0.270 e. The fourth-order valence-corrected chi connectivity index (χ4v) is 2.20. The molecule has 1 amide bonds. The van der Waals surface area contributed by atoms with Gasteiger partial charge in [0.05, 0.1) is 7.11 Å². The number of rotatable bonds is 6. The highest BCUT2D eigenvalue weighted by Gasteiger charge is 2.24. The quantitative estimate of drug-likeness (QED) is 0.856. The van der Waals surface area contributed by atoms with Crippen LogP contribution >= 0.6 is 0 Å². The number of amides is 1. The van der Waals surface area contributed by atoms with E-state index in [0.717, 1.165) is 24.2 Å². The summed E-state index contributed by atoms with van der Waals surface area (Å²) in [6.07, 6.45) is 2.11. The van der Waals surface area contributed by atoms with Gasteiger partial charge in [-0.15, -0.1) is 0 Å². The summed E-state index contributed by atoms with van der Waals surface area (Å²) >= 11 is 0. The number of carbonyl (C=O) groups excluding carboxylic acids is 1. The fourth-order valence-electron chi connectivity index (χ4n) is 2.20. The van der Waals surface area contributed by atoms with Crippen LogP contribution < -0.4 is 15.4 Å². The van der Waals surface area contributed by atoms with Crippen LogP contribution in [0, 0.1) is 6.92 Å². The van der Waals surface area contributed by atoms with Crippen molar-refractivity contribution in [3.8, 4) is 5.75 Å². The van der Waals surface area contributed by atoms with Gasteiger partial charge in [0.2, 0.25) is 0 Å². The molecule has 1 saturated carbocycles. The lowest BCUT2D eigenvalue weighted by molar-refractivity contribution is 0.0945. The Labute approximate surface area is 135 Å². The number of anilines is 1. The molecule has 0 unspecified atom stereocenters. The second-order valence-electron chi connectivity index (χ2n) is 5.64. The summed E-state index contributed by atoms with van der Waals surface area (Å²) in [6, 6.07) is 9.80. The highest BCUT2D eigenvalue weighted by molar-refractivity contribution is 5.93. The molecule has 3 rings (SSSR count). The number of aromatic nitrogens is 2. The molecule has 1 aliphatic rings. The standard InChI is InChI=1S/C17H20N4O2/c1-11-19-15(17(22)21-13-5-6-13)9-16(20-11)18-10-12-3-7-14(23-2)8-4-12/h3-4,7-9,13H,5-6,10H2,1-2H3,(H,21,22)(H,18,19,20). The summed E-state index contributed by atoms with van der Waals surface area (Å²) in [5.74, 6) is 1.91. The minimum Gasteiger partial charge on any atom is -0.497 e. The molecule has 120 valence electrons. The van der Waals surface area contributed by atoms with Crippen molar-refractivity contribution < 1.29 is 9.53 Å². The largest absolute Gasteiger partial charge is 0.497 e. The van der Waals surface area contributed by atoms with Crippen molar-refractivity contribution >= 4 is 11.7 Å². The first kappa shape index (κ1) is 15.3. The van der Waals surface area contributed by atoms with Crippen molar-refractivity contribution in [1.29, 1.82) is 0 Å². The third-order valence-electron chi connectivity index (χ3n) is 3.62. The molecule has 0 atom stereocenters. The second kappa shape index (κ2) is 6.64. The van der Waals surface area contributed by atoms with Gasteiger partial charge in [0.25, 0.3) is 5.91 Å². The smallest absolute Gasteiger partial charge is 0.270 e. The zero-order chi connectivity index (χ0) is 16.2. The summed E-state index contributed by atoms with van der Waals surface area (Å²) in [5, 5.41) is 6.17. The molecule has 1 heterocycles. The molecule has 0 radical (unpaired) electrons. The van der Waals surface area contributed by atoms with Gasteiger partial charge in [-0.25, -0.2) is 9.97 Å². The van der Waals surface area contributed by atoms with E-state index in [1.165, 1.54) is 0 Å². The molecule has 1 aliphatic carbocycles. The minimum atomic E-state index is -0.134. The minimum absolute atomic E-state index is 0.134. The van der Waals surface area contributed by atoms with Crippen LogP contribution in [0.25, 0.3) is 0 Å². The molecule has 0 aliphatic heterocycles. The number of carbonyl (C=O) groups is 1. The molecule has 0 bridgehead atoms. The maximum atomic E-state index is 12.1. The average molecular weight is 312 g/mol. The lowest BCUT2D eigenvalue weighted by Crippen LogP contribution is -2.26. The Hall–Kier alpha value is -2.63. The number of methoxy groups -OCH3 is 1. The van der Waals surface area contributed by atoms with Gasteiger partial charge in [-0.2, -0.15) is 0 Å². The van der Waals surface area contributed by atoms with E-state index in [1.54, 1.807) is 20.1 Å². The van der Waals surface area contributed by atoms with Gasteiger partial charge in [-0.3, -0.25) is 4.79 Å². The van der Waals surface area contributed by atoms with E-state index in [-0.39, 0.29) is 5.91 Å². The number of hydrogen-bond acceptors (Lipinski definition) is 5. The van der Waals surface area contributed by atoms with Crippen molar-refractivity contribution in [2.45, 2.75) is 32.4 Å². The van der Waals surface area contributed by atoms with E-state index in [2.05, 4.69) is 20.6 Å². The van der Waals surface area contributed by atoms with E-state index in [1.807, 2.05) is 24.3 Å². The molecule has 23 heavy (non-hydrogen) atoms. The average Bonchev–Trinajstić information content (AvgIpc) is 3.37. The topological polar surface area (TPSA) is 76.1 Å². The Morgan fingerprint density at radius 3 is 2.65 bits per heavy atom. The van der Waals surface area contributed by atoms with Crippen molar-refractivity contribution in [2.75, 3.05) is 12.4 Å². The van der Waals surface area contributed by atoms with Crippen molar-refractivity contribution in [3.05, 3.63) is 47.4 Å². The Morgan fingerprint density at radius 2 is 2.00 bits per heavy atom. The van der Waals surface area contributed by atoms with Crippen molar-refractivity contribution in [3.63, 3.8) is 0 Å². The van der Waals surface area contributed by atoms with E-state index in [0.29, 0.717) is 29.9 Å². The van der Waals surface area contributed by atoms with Gasteiger partial charge in [0.1, 0.15) is 23.1 Å². The molecular formula is C17H20N4O2. The van der Waals surface area contributed by atoms with Gasteiger partial charge in [0.15, 0.2) is 0 Å². The van der Waals surface area contributed by atoms with Crippen LogP contribution in [-0.4, -0.2) is 29.0 Å². The molecule has 0 spiro atoms. The zero-order valence-electron chi connectivity index (χ0n) is 13.3. The number of ether oxygens (including phenoxy) is 1. The van der Waals surface area contributed by atoms with Crippen LogP contribution in [0.4, 0.5) is 5.82 Å². The summed E-state index contributed by atoms with van der Waals surface area (Å²) in [4.78, 5) is 20.6. The molecular weight excluding hydrogens is 292 g/mol. The van der Waals surface area contributed by atoms with Crippen LogP contribution in [0.3, 0.4) is 0 Å². The predicted molar refractivity (Wildman–Crippen MR) is 87.6 cm³/mol. The summed E-state index contributed by atoms with van der Waals surface area (Å²) in [7, 11) is 1.64. The van der Waals surface area contributed by atoms with Gasteiger partial charge in [0, 0.05) is 18.7 Å². The zero-order valence-corrected chi connectivity index (χ0v) is 13.3. The summed E-state index contributed by atoms with van der Waals surface area (Å²) < 4.78 is 5.14. The first-order valence-electron chi connectivity index (χ1n) is 7.67. The predicted octanol–water partition coefficient (Wildman–Crippen LogP) is 2.30. The van der Waals surface area contributed by atoms with E-state index in [4.69, 9.17) is 4.74 Å².